The molecular formula is C18H23N3. The molecule has 0 amide bonds. The van der Waals surface area contributed by atoms with Crippen LogP contribution in [0.2, 0.25) is 0 Å². The molecule has 1 atom stereocenters. The number of hydrogen-bond acceptors (Lipinski definition) is 3. The van der Waals surface area contributed by atoms with Gasteiger partial charge < -0.3 is 5.32 Å². The predicted molar refractivity (Wildman–Crippen MR) is 85.5 cm³/mol. The molecule has 110 valence electrons. The van der Waals surface area contributed by atoms with Gasteiger partial charge in [-0.3, -0.25) is 0 Å². The van der Waals surface area contributed by atoms with E-state index in [1.807, 2.05) is 7.05 Å². The quantitative estimate of drug-likeness (QED) is 0.938. The van der Waals surface area contributed by atoms with Gasteiger partial charge in [0.2, 0.25) is 0 Å². The van der Waals surface area contributed by atoms with Crippen LogP contribution in [0.3, 0.4) is 0 Å². The van der Waals surface area contributed by atoms with E-state index < -0.39 is 0 Å². The lowest BCUT2D eigenvalue weighted by Gasteiger charge is -2.25. The fourth-order valence-corrected chi connectivity index (χ4v) is 3.38. The van der Waals surface area contributed by atoms with E-state index in [1.165, 1.54) is 29.5 Å². The van der Waals surface area contributed by atoms with Gasteiger partial charge in [0.25, 0.3) is 0 Å². The molecule has 0 radical (unpaired) electrons. The zero-order chi connectivity index (χ0) is 14.8. The molecule has 1 aromatic carbocycles. The van der Waals surface area contributed by atoms with Crippen molar-refractivity contribution in [3.05, 3.63) is 58.2 Å². The Balaban J connectivity index is 2.02. The fourth-order valence-electron chi connectivity index (χ4n) is 3.38. The molecule has 1 aliphatic rings. The van der Waals surface area contributed by atoms with E-state index in [4.69, 9.17) is 9.97 Å². The lowest BCUT2D eigenvalue weighted by Crippen LogP contribution is -2.17. The number of benzene rings is 1. The molecule has 0 spiro atoms. The van der Waals surface area contributed by atoms with E-state index in [0.29, 0.717) is 5.92 Å². The largest absolute Gasteiger partial charge is 0.316 e. The fraction of sp³-hybridized carbons (Fsp3) is 0.444. The summed E-state index contributed by atoms with van der Waals surface area (Å²) in [6, 6.07) is 8.76. The van der Waals surface area contributed by atoms with Crippen LogP contribution in [-0.2, 0) is 13.0 Å². The summed E-state index contributed by atoms with van der Waals surface area (Å²) in [4.78, 5) is 9.65. The van der Waals surface area contributed by atoms with Crippen LogP contribution >= 0.6 is 0 Å². The van der Waals surface area contributed by atoms with Crippen LogP contribution in [0.15, 0.2) is 24.3 Å². The minimum Gasteiger partial charge on any atom is -0.316 e. The van der Waals surface area contributed by atoms with Crippen LogP contribution in [0, 0.1) is 13.8 Å². The average molecular weight is 281 g/mol. The molecule has 1 aliphatic carbocycles. The Hall–Kier alpha value is -1.74. The Kier molecular flexibility index (Phi) is 4.02. The molecule has 0 fully saturated rings. The molecule has 2 aromatic rings. The van der Waals surface area contributed by atoms with Crippen molar-refractivity contribution in [1.29, 1.82) is 0 Å². The zero-order valence-electron chi connectivity index (χ0n) is 13.1. The van der Waals surface area contributed by atoms with E-state index in [1.54, 1.807) is 0 Å². The Morgan fingerprint density at radius 2 is 1.86 bits per heavy atom. The van der Waals surface area contributed by atoms with Gasteiger partial charge in [0.15, 0.2) is 0 Å². The van der Waals surface area contributed by atoms with Crippen molar-refractivity contribution in [1.82, 2.24) is 15.3 Å². The second-order valence-corrected chi connectivity index (χ2v) is 5.91. The van der Waals surface area contributed by atoms with Crippen LogP contribution in [-0.4, -0.2) is 17.0 Å². The average Bonchev–Trinajstić information content (AvgIpc) is 2.50. The van der Waals surface area contributed by atoms with Crippen molar-refractivity contribution >= 4 is 0 Å². The number of aryl methyl sites for hydroxylation is 3. The lowest BCUT2D eigenvalue weighted by molar-refractivity contribution is 0.584. The van der Waals surface area contributed by atoms with E-state index in [9.17, 15) is 0 Å². The first kappa shape index (κ1) is 14.2. The van der Waals surface area contributed by atoms with Crippen LogP contribution in [0.5, 0.6) is 0 Å². The maximum atomic E-state index is 4.82. The van der Waals surface area contributed by atoms with Gasteiger partial charge in [0.1, 0.15) is 5.82 Å². The summed E-state index contributed by atoms with van der Waals surface area (Å²) in [6.07, 6.45) is 3.56. The molecule has 3 nitrogen and oxygen atoms in total. The predicted octanol–water partition coefficient (Wildman–Crippen LogP) is 3.28. The molecule has 0 saturated carbocycles. The minimum absolute atomic E-state index is 0.357. The summed E-state index contributed by atoms with van der Waals surface area (Å²) in [5, 5.41) is 3.20. The summed E-state index contributed by atoms with van der Waals surface area (Å²) >= 11 is 0. The maximum Gasteiger partial charge on any atom is 0.136 e. The van der Waals surface area contributed by atoms with Gasteiger partial charge in [-0.15, -0.1) is 0 Å². The normalized spacial score (nSPS) is 17.6. The van der Waals surface area contributed by atoms with E-state index in [-0.39, 0.29) is 0 Å². The van der Waals surface area contributed by atoms with Crippen molar-refractivity contribution in [3.63, 3.8) is 0 Å². The smallest absolute Gasteiger partial charge is 0.136 e. The second kappa shape index (κ2) is 5.94. The summed E-state index contributed by atoms with van der Waals surface area (Å²) in [5.41, 5.74) is 6.33. The van der Waals surface area contributed by atoms with Crippen LogP contribution in [0.4, 0.5) is 0 Å². The summed E-state index contributed by atoms with van der Waals surface area (Å²) in [5.74, 6) is 1.35. The third kappa shape index (κ3) is 2.70. The Morgan fingerprint density at radius 1 is 1.14 bits per heavy atom. The number of nitrogens with one attached hydrogen (secondary N) is 1. The third-order valence-electron chi connectivity index (χ3n) is 4.47. The van der Waals surface area contributed by atoms with Crippen molar-refractivity contribution in [2.24, 2.45) is 0 Å². The summed E-state index contributed by atoms with van der Waals surface area (Å²) in [6.45, 7) is 5.03. The Labute approximate surface area is 126 Å². The Bertz CT molecular complexity index is 626. The van der Waals surface area contributed by atoms with Crippen LogP contribution < -0.4 is 5.32 Å². The highest BCUT2D eigenvalue weighted by Gasteiger charge is 2.24. The van der Waals surface area contributed by atoms with Gasteiger partial charge in [0.05, 0.1) is 0 Å². The molecule has 3 rings (SSSR count). The molecular weight excluding hydrogens is 258 g/mol. The van der Waals surface area contributed by atoms with Crippen molar-refractivity contribution in [3.8, 4) is 0 Å². The number of hydrogen-bond donors (Lipinski definition) is 1. The molecule has 3 heteroatoms. The molecule has 0 saturated heterocycles. The topological polar surface area (TPSA) is 37.8 Å². The Morgan fingerprint density at radius 3 is 2.57 bits per heavy atom. The van der Waals surface area contributed by atoms with E-state index >= 15 is 0 Å². The first-order chi connectivity index (χ1) is 10.2. The molecule has 1 aromatic heterocycles. The zero-order valence-corrected chi connectivity index (χ0v) is 13.1. The van der Waals surface area contributed by atoms with Crippen molar-refractivity contribution in [2.45, 2.75) is 45.6 Å². The standard InChI is InChI=1S/C18H23N3/c1-12-17(11-19-3)13(2)21-18(20-12)16-10-6-8-14-7-4-5-9-15(14)16/h4-5,7,9,16,19H,6,8,10-11H2,1-3H3. The van der Waals surface area contributed by atoms with Gasteiger partial charge in [0, 0.05) is 29.4 Å². The monoisotopic (exact) mass is 281 g/mol. The molecule has 1 heterocycles. The summed E-state index contributed by atoms with van der Waals surface area (Å²) in [7, 11) is 1.96. The van der Waals surface area contributed by atoms with Gasteiger partial charge >= 0.3 is 0 Å². The molecule has 1 unspecified atom stereocenters. The van der Waals surface area contributed by atoms with Crippen LogP contribution in [0.25, 0.3) is 0 Å². The minimum atomic E-state index is 0.357. The molecule has 1 N–H and O–H groups in total. The first-order valence-electron chi connectivity index (χ1n) is 7.77. The van der Waals surface area contributed by atoms with Crippen LogP contribution in [0.1, 0.15) is 52.7 Å². The van der Waals surface area contributed by atoms with Gasteiger partial charge in [-0.2, -0.15) is 0 Å². The number of aromatic nitrogens is 2. The number of rotatable bonds is 3. The SMILES string of the molecule is CNCc1c(C)nc(C2CCCc3ccccc32)nc1C. The summed E-state index contributed by atoms with van der Waals surface area (Å²) < 4.78 is 0. The van der Waals surface area contributed by atoms with Gasteiger partial charge in [-0.25, -0.2) is 9.97 Å². The number of fused-ring (bicyclic) bond motifs is 1. The van der Waals surface area contributed by atoms with E-state index in [2.05, 4.69) is 43.4 Å². The first-order valence-corrected chi connectivity index (χ1v) is 7.77. The highest BCUT2D eigenvalue weighted by atomic mass is 14.9. The highest BCUT2D eigenvalue weighted by Crippen LogP contribution is 2.35. The van der Waals surface area contributed by atoms with E-state index in [0.717, 1.165) is 30.2 Å². The molecule has 0 aliphatic heterocycles. The number of nitrogens with zero attached hydrogens (tertiary/aromatic N) is 2. The third-order valence-corrected chi connectivity index (χ3v) is 4.47. The van der Waals surface area contributed by atoms with Gasteiger partial charge in [-0.05, 0) is 51.3 Å². The van der Waals surface area contributed by atoms with Crippen molar-refractivity contribution < 1.29 is 0 Å². The molecule has 0 bridgehead atoms. The lowest BCUT2D eigenvalue weighted by atomic mass is 9.82. The van der Waals surface area contributed by atoms with Crippen molar-refractivity contribution in [2.75, 3.05) is 7.05 Å². The molecule has 21 heavy (non-hydrogen) atoms. The van der Waals surface area contributed by atoms with Gasteiger partial charge in [-0.1, -0.05) is 24.3 Å². The highest BCUT2D eigenvalue weighted by molar-refractivity contribution is 5.37. The maximum absolute atomic E-state index is 4.82. The second-order valence-electron chi connectivity index (χ2n) is 5.91.